The first-order chi connectivity index (χ1) is 9.60. The van der Waals surface area contributed by atoms with Gasteiger partial charge >= 0.3 is 5.97 Å². The van der Waals surface area contributed by atoms with Gasteiger partial charge in [0.15, 0.2) is 0 Å². The molecule has 3 nitrogen and oxygen atoms in total. The van der Waals surface area contributed by atoms with Gasteiger partial charge in [-0.15, -0.1) is 0 Å². The lowest BCUT2D eigenvalue weighted by Gasteiger charge is -2.11. The third-order valence-electron chi connectivity index (χ3n) is 2.97. The molecule has 1 N–H and O–H groups in total. The first-order valence-corrected chi connectivity index (χ1v) is 7.13. The number of ether oxygens (including phenoxy) is 1. The summed E-state index contributed by atoms with van der Waals surface area (Å²) < 4.78 is 6.81. The molecule has 0 aliphatic rings. The Balaban J connectivity index is 2.12. The molecule has 0 aromatic heterocycles. The molecule has 4 heteroatoms. The Kier molecular flexibility index (Phi) is 4.79. The zero-order valence-corrected chi connectivity index (χ0v) is 12.7. The Hall–Kier alpha value is -1.81. The van der Waals surface area contributed by atoms with Crippen molar-refractivity contribution in [2.24, 2.45) is 0 Å². The summed E-state index contributed by atoms with van der Waals surface area (Å²) in [5.74, 6) is -0.0961. The number of halogens is 1. The monoisotopic (exact) mass is 334 g/mol. The summed E-state index contributed by atoms with van der Waals surface area (Å²) in [7, 11) is 0. The molecule has 20 heavy (non-hydrogen) atoms. The van der Waals surface area contributed by atoms with Gasteiger partial charge in [-0.1, -0.05) is 35.0 Å². The van der Waals surface area contributed by atoms with E-state index in [1.165, 1.54) is 0 Å². The average molecular weight is 335 g/mol. The number of carboxylic acids is 1. The van der Waals surface area contributed by atoms with Crippen LogP contribution in [0.1, 0.15) is 28.4 Å². The van der Waals surface area contributed by atoms with Gasteiger partial charge in [0.2, 0.25) is 0 Å². The Morgan fingerprint density at radius 2 is 2.05 bits per heavy atom. The van der Waals surface area contributed by atoms with Crippen molar-refractivity contribution < 1.29 is 14.6 Å². The molecule has 0 atom stereocenters. The quantitative estimate of drug-likeness (QED) is 0.887. The smallest absolute Gasteiger partial charge is 0.335 e. The van der Waals surface area contributed by atoms with Gasteiger partial charge < -0.3 is 9.84 Å². The van der Waals surface area contributed by atoms with Crippen LogP contribution >= 0.6 is 15.9 Å². The molecule has 2 aromatic carbocycles. The lowest BCUT2D eigenvalue weighted by Crippen LogP contribution is -2.01. The lowest BCUT2D eigenvalue weighted by molar-refractivity contribution is 0.0696. The lowest BCUT2D eigenvalue weighted by atomic mass is 10.1. The van der Waals surface area contributed by atoms with Crippen LogP contribution in [0.15, 0.2) is 46.9 Å². The molecule has 0 aliphatic carbocycles. The Morgan fingerprint density at radius 3 is 2.75 bits per heavy atom. The molecular weight excluding hydrogens is 320 g/mol. The molecule has 0 aliphatic heterocycles. The molecule has 2 aromatic rings. The number of benzene rings is 2. The highest BCUT2D eigenvalue weighted by atomic mass is 79.9. The molecule has 104 valence electrons. The molecule has 0 amide bonds. The van der Waals surface area contributed by atoms with E-state index in [-0.39, 0.29) is 5.56 Å². The predicted octanol–water partition coefficient (Wildman–Crippen LogP) is 4.29. The van der Waals surface area contributed by atoms with E-state index in [4.69, 9.17) is 9.84 Å². The first kappa shape index (κ1) is 14.6. The van der Waals surface area contributed by atoms with E-state index >= 15 is 0 Å². The minimum absolute atomic E-state index is 0.276. The van der Waals surface area contributed by atoms with E-state index in [1.807, 2.05) is 24.3 Å². The standard InChI is InChI=1S/C16H15BrO3/c1-2-12-9-14(17)6-7-15(12)20-10-11-4-3-5-13(8-11)16(18)19/h3-9H,2,10H2,1H3,(H,18,19). The van der Waals surface area contributed by atoms with Gasteiger partial charge in [-0.25, -0.2) is 4.79 Å². The van der Waals surface area contributed by atoms with Crippen LogP contribution in [0.4, 0.5) is 0 Å². The van der Waals surface area contributed by atoms with Crippen LogP contribution in [0.2, 0.25) is 0 Å². The van der Waals surface area contributed by atoms with Crippen molar-refractivity contribution in [1.82, 2.24) is 0 Å². The number of hydrogen-bond donors (Lipinski definition) is 1. The van der Waals surface area contributed by atoms with Crippen LogP contribution in [0.25, 0.3) is 0 Å². The zero-order chi connectivity index (χ0) is 14.5. The molecule has 2 rings (SSSR count). The van der Waals surface area contributed by atoms with E-state index in [0.29, 0.717) is 6.61 Å². The zero-order valence-electron chi connectivity index (χ0n) is 11.1. The topological polar surface area (TPSA) is 46.5 Å². The molecule has 0 heterocycles. The van der Waals surface area contributed by atoms with Crippen LogP contribution in [0.5, 0.6) is 5.75 Å². The normalized spacial score (nSPS) is 10.3. The largest absolute Gasteiger partial charge is 0.489 e. The molecule has 0 fully saturated rings. The third kappa shape index (κ3) is 3.61. The number of hydrogen-bond acceptors (Lipinski definition) is 2. The molecule has 0 bridgehead atoms. The Bertz CT molecular complexity index is 623. The predicted molar refractivity (Wildman–Crippen MR) is 81.3 cm³/mol. The van der Waals surface area contributed by atoms with Crippen LogP contribution in [-0.2, 0) is 13.0 Å². The molecular formula is C16H15BrO3. The van der Waals surface area contributed by atoms with Crippen LogP contribution in [-0.4, -0.2) is 11.1 Å². The van der Waals surface area contributed by atoms with Crippen molar-refractivity contribution in [2.45, 2.75) is 20.0 Å². The van der Waals surface area contributed by atoms with Crippen molar-refractivity contribution >= 4 is 21.9 Å². The molecule has 0 saturated carbocycles. The SMILES string of the molecule is CCc1cc(Br)ccc1OCc1cccc(C(=O)O)c1. The van der Waals surface area contributed by atoms with E-state index < -0.39 is 5.97 Å². The second-order valence-corrected chi connectivity index (χ2v) is 5.32. The summed E-state index contributed by atoms with van der Waals surface area (Å²) in [5, 5.41) is 8.96. The van der Waals surface area contributed by atoms with Gasteiger partial charge in [-0.3, -0.25) is 0 Å². The summed E-state index contributed by atoms with van der Waals surface area (Å²) >= 11 is 3.44. The fourth-order valence-corrected chi connectivity index (χ4v) is 2.33. The summed E-state index contributed by atoms with van der Waals surface area (Å²) in [6.07, 6.45) is 0.879. The minimum atomic E-state index is -0.926. The number of aryl methyl sites for hydroxylation is 1. The number of rotatable bonds is 5. The van der Waals surface area contributed by atoms with Crippen molar-refractivity contribution in [3.05, 3.63) is 63.6 Å². The summed E-state index contributed by atoms with van der Waals surface area (Å²) in [6, 6.07) is 12.7. The molecule has 0 spiro atoms. The van der Waals surface area contributed by atoms with Gasteiger partial charge in [-0.05, 0) is 47.9 Å². The van der Waals surface area contributed by atoms with E-state index in [9.17, 15) is 4.79 Å². The molecule has 0 unspecified atom stereocenters. The van der Waals surface area contributed by atoms with E-state index in [2.05, 4.69) is 22.9 Å². The number of aromatic carboxylic acids is 1. The second-order valence-electron chi connectivity index (χ2n) is 4.40. The fraction of sp³-hybridized carbons (Fsp3) is 0.188. The van der Waals surface area contributed by atoms with Gasteiger partial charge in [-0.2, -0.15) is 0 Å². The highest BCUT2D eigenvalue weighted by Crippen LogP contribution is 2.24. The van der Waals surface area contributed by atoms with Crippen molar-refractivity contribution in [3.8, 4) is 5.75 Å². The third-order valence-corrected chi connectivity index (χ3v) is 3.46. The van der Waals surface area contributed by atoms with Crippen molar-refractivity contribution in [3.63, 3.8) is 0 Å². The molecule has 0 radical (unpaired) electrons. The average Bonchev–Trinajstić information content (AvgIpc) is 2.46. The number of carbonyl (C=O) groups is 1. The van der Waals surface area contributed by atoms with Crippen molar-refractivity contribution in [1.29, 1.82) is 0 Å². The molecule has 0 saturated heterocycles. The second kappa shape index (κ2) is 6.57. The van der Waals surface area contributed by atoms with Crippen LogP contribution in [0, 0.1) is 0 Å². The number of carboxylic acid groups (broad SMARTS) is 1. The maximum Gasteiger partial charge on any atom is 0.335 e. The van der Waals surface area contributed by atoms with Crippen LogP contribution in [0.3, 0.4) is 0 Å². The van der Waals surface area contributed by atoms with E-state index in [1.54, 1.807) is 18.2 Å². The highest BCUT2D eigenvalue weighted by molar-refractivity contribution is 9.10. The Morgan fingerprint density at radius 1 is 1.25 bits per heavy atom. The van der Waals surface area contributed by atoms with Gasteiger partial charge in [0.1, 0.15) is 12.4 Å². The minimum Gasteiger partial charge on any atom is -0.489 e. The fourth-order valence-electron chi connectivity index (χ4n) is 1.92. The van der Waals surface area contributed by atoms with Crippen molar-refractivity contribution in [2.75, 3.05) is 0 Å². The summed E-state index contributed by atoms with van der Waals surface area (Å²) in [5.41, 5.74) is 2.24. The van der Waals surface area contributed by atoms with Gasteiger partial charge in [0, 0.05) is 4.47 Å². The summed E-state index contributed by atoms with van der Waals surface area (Å²) in [6.45, 7) is 2.43. The van der Waals surface area contributed by atoms with Gasteiger partial charge in [0.25, 0.3) is 0 Å². The van der Waals surface area contributed by atoms with Gasteiger partial charge in [0.05, 0.1) is 5.56 Å². The summed E-state index contributed by atoms with van der Waals surface area (Å²) in [4.78, 5) is 10.9. The van der Waals surface area contributed by atoms with Crippen LogP contribution < -0.4 is 4.74 Å². The van der Waals surface area contributed by atoms with E-state index in [0.717, 1.165) is 27.8 Å². The maximum atomic E-state index is 10.9. The first-order valence-electron chi connectivity index (χ1n) is 6.33. The maximum absolute atomic E-state index is 10.9. The Labute approximate surface area is 126 Å². The highest BCUT2D eigenvalue weighted by Gasteiger charge is 2.06.